The Balaban J connectivity index is 1.84. The van der Waals surface area contributed by atoms with Gasteiger partial charge in [0.2, 0.25) is 5.91 Å². The van der Waals surface area contributed by atoms with Crippen LogP contribution in [-0.2, 0) is 11.2 Å². The molecule has 0 atom stereocenters. The lowest BCUT2D eigenvalue weighted by atomic mass is 9.89. The zero-order chi connectivity index (χ0) is 13.0. The number of amides is 1. The van der Waals surface area contributed by atoms with Gasteiger partial charge in [-0.15, -0.1) is 0 Å². The van der Waals surface area contributed by atoms with E-state index >= 15 is 0 Å². The van der Waals surface area contributed by atoms with Crippen molar-refractivity contribution < 1.29 is 9.90 Å². The molecule has 1 aliphatic carbocycles. The van der Waals surface area contributed by atoms with Gasteiger partial charge in [-0.05, 0) is 24.3 Å². The fourth-order valence-corrected chi connectivity index (χ4v) is 2.61. The topological polar surface area (TPSA) is 49.3 Å². The molecule has 1 aromatic carbocycles. The molecule has 2 N–H and O–H groups in total. The van der Waals surface area contributed by atoms with Crippen molar-refractivity contribution >= 4 is 5.91 Å². The van der Waals surface area contributed by atoms with Gasteiger partial charge in [0.25, 0.3) is 0 Å². The summed E-state index contributed by atoms with van der Waals surface area (Å²) in [5.41, 5.74) is 0.959. The number of aromatic hydroxyl groups is 1. The Morgan fingerprint density at radius 1 is 1.33 bits per heavy atom. The molecule has 98 valence electrons. The van der Waals surface area contributed by atoms with Gasteiger partial charge in [-0.3, -0.25) is 4.79 Å². The SMILES string of the molecule is CC1(CNC(=O)Cc2ccccc2O)CCCC1. The van der Waals surface area contributed by atoms with Gasteiger partial charge in [0.05, 0.1) is 6.42 Å². The van der Waals surface area contributed by atoms with Crippen molar-refractivity contribution in [3.63, 3.8) is 0 Å². The summed E-state index contributed by atoms with van der Waals surface area (Å²) in [5.74, 6) is 0.185. The maximum absolute atomic E-state index is 11.8. The number of hydrogen-bond acceptors (Lipinski definition) is 2. The fraction of sp³-hybridized carbons (Fsp3) is 0.533. The Morgan fingerprint density at radius 2 is 2.00 bits per heavy atom. The zero-order valence-electron chi connectivity index (χ0n) is 10.9. The molecule has 1 amide bonds. The average molecular weight is 247 g/mol. The molecule has 0 spiro atoms. The first-order valence-electron chi connectivity index (χ1n) is 6.63. The second-order valence-corrected chi connectivity index (χ2v) is 5.60. The number of phenols is 1. The van der Waals surface area contributed by atoms with E-state index in [0.29, 0.717) is 5.56 Å². The molecule has 3 heteroatoms. The summed E-state index contributed by atoms with van der Waals surface area (Å²) in [5, 5.41) is 12.6. The van der Waals surface area contributed by atoms with E-state index in [2.05, 4.69) is 12.2 Å². The highest BCUT2D eigenvalue weighted by atomic mass is 16.3. The fourth-order valence-electron chi connectivity index (χ4n) is 2.61. The van der Waals surface area contributed by atoms with Crippen molar-refractivity contribution in [3.05, 3.63) is 29.8 Å². The van der Waals surface area contributed by atoms with E-state index < -0.39 is 0 Å². The van der Waals surface area contributed by atoms with Crippen LogP contribution in [0.25, 0.3) is 0 Å². The van der Waals surface area contributed by atoms with E-state index in [0.717, 1.165) is 6.54 Å². The molecule has 1 aromatic rings. The molecule has 0 bridgehead atoms. The highest BCUT2D eigenvalue weighted by Crippen LogP contribution is 2.36. The van der Waals surface area contributed by atoms with Gasteiger partial charge in [0, 0.05) is 12.1 Å². The first-order chi connectivity index (χ1) is 8.59. The molecule has 0 aliphatic heterocycles. The number of phenolic OH excluding ortho intramolecular Hbond substituents is 1. The molecule has 0 saturated heterocycles. The van der Waals surface area contributed by atoms with Crippen LogP contribution in [0.5, 0.6) is 5.75 Å². The van der Waals surface area contributed by atoms with E-state index in [-0.39, 0.29) is 23.5 Å². The first-order valence-corrected chi connectivity index (χ1v) is 6.63. The normalized spacial score (nSPS) is 17.6. The minimum atomic E-state index is -0.00961. The summed E-state index contributed by atoms with van der Waals surface area (Å²) >= 11 is 0. The molecular formula is C15H21NO2. The monoisotopic (exact) mass is 247 g/mol. The summed E-state index contributed by atoms with van der Waals surface area (Å²) < 4.78 is 0. The summed E-state index contributed by atoms with van der Waals surface area (Å²) in [7, 11) is 0. The standard InChI is InChI=1S/C15H21NO2/c1-15(8-4-5-9-15)11-16-14(18)10-12-6-2-3-7-13(12)17/h2-3,6-7,17H,4-5,8-11H2,1H3,(H,16,18). The molecule has 0 aromatic heterocycles. The molecule has 1 saturated carbocycles. The van der Waals surface area contributed by atoms with Crippen molar-refractivity contribution in [2.45, 2.75) is 39.0 Å². The lowest BCUT2D eigenvalue weighted by molar-refractivity contribution is -0.120. The number of nitrogens with one attached hydrogen (secondary N) is 1. The van der Waals surface area contributed by atoms with Crippen molar-refractivity contribution in [2.75, 3.05) is 6.54 Å². The smallest absolute Gasteiger partial charge is 0.224 e. The van der Waals surface area contributed by atoms with Crippen LogP contribution < -0.4 is 5.32 Å². The zero-order valence-corrected chi connectivity index (χ0v) is 10.9. The van der Waals surface area contributed by atoms with Crippen LogP contribution in [-0.4, -0.2) is 17.6 Å². The van der Waals surface area contributed by atoms with Gasteiger partial charge in [-0.25, -0.2) is 0 Å². The van der Waals surface area contributed by atoms with Gasteiger partial charge >= 0.3 is 0 Å². The van der Waals surface area contributed by atoms with Crippen LogP contribution in [0.15, 0.2) is 24.3 Å². The minimum absolute atomic E-state index is 0.00961. The van der Waals surface area contributed by atoms with Crippen LogP contribution in [0.3, 0.4) is 0 Å². The second-order valence-electron chi connectivity index (χ2n) is 5.60. The molecule has 1 aliphatic rings. The molecular weight excluding hydrogens is 226 g/mol. The molecule has 1 fully saturated rings. The lowest BCUT2D eigenvalue weighted by Gasteiger charge is -2.23. The molecule has 0 heterocycles. The van der Waals surface area contributed by atoms with E-state index in [1.54, 1.807) is 18.2 Å². The van der Waals surface area contributed by atoms with Crippen LogP contribution in [0.2, 0.25) is 0 Å². The molecule has 0 radical (unpaired) electrons. The Kier molecular flexibility index (Phi) is 3.90. The number of carbonyl (C=O) groups excluding carboxylic acids is 1. The summed E-state index contributed by atoms with van der Waals surface area (Å²) in [6.45, 7) is 2.99. The minimum Gasteiger partial charge on any atom is -0.508 e. The number of carbonyl (C=O) groups is 1. The number of rotatable bonds is 4. The summed E-state index contributed by atoms with van der Waals surface area (Å²) in [4.78, 5) is 11.8. The van der Waals surface area contributed by atoms with E-state index in [1.807, 2.05) is 6.07 Å². The van der Waals surface area contributed by atoms with Crippen molar-refractivity contribution in [3.8, 4) is 5.75 Å². The molecule has 2 rings (SSSR count). The van der Waals surface area contributed by atoms with Crippen LogP contribution >= 0.6 is 0 Å². The number of hydrogen-bond donors (Lipinski definition) is 2. The van der Waals surface area contributed by atoms with E-state index in [4.69, 9.17) is 0 Å². The Labute approximate surface area is 108 Å². The quantitative estimate of drug-likeness (QED) is 0.859. The van der Waals surface area contributed by atoms with E-state index in [9.17, 15) is 9.90 Å². The summed E-state index contributed by atoms with van der Waals surface area (Å²) in [6.07, 6.45) is 5.19. The van der Waals surface area contributed by atoms with Crippen LogP contribution in [0.4, 0.5) is 0 Å². The molecule has 18 heavy (non-hydrogen) atoms. The highest BCUT2D eigenvalue weighted by molar-refractivity contribution is 5.79. The van der Waals surface area contributed by atoms with E-state index in [1.165, 1.54) is 25.7 Å². The van der Waals surface area contributed by atoms with Crippen molar-refractivity contribution in [1.29, 1.82) is 0 Å². The third kappa shape index (κ3) is 3.25. The van der Waals surface area contributed by atoms with Crippen molar-refractivity contribution in [1.82, 2.24) is 5.32 Å². The Hall–Kier alpha value is -1.51. The average Bonchev–Trinajstić information content (AvgIpc) is 2.77. The highest BCUT2D eigenvalue weighted by Gasteiger charge is 2.28. The van der Waals surface area contributed by atoms with Gasteiger partial charge in [0.15, 0.2) is 0 Å². The number of benzene rings is 1. The van der Waals surface area contributed by atoms with Gasteiger partial charge in [-0.1, -0.05) is 38.0 Å². The predicted molar refractivity (Wildman–Crippen MR) is 71.4 cm³/mol. The summed E-state index contributed by atoms with van der Waals surface area (Å²) in [6, 6.07) is 6.99. The van der Waals surface area contributed by atoms with Crippen molar-refractivity contribution in [2.24, 2.45) is 5.41 Å². The maximum Gasteiger partial charge on any atom is 0.224 e. The van der Waals surface area contributed by atoms with Crippen LogP contribution in [0, 0.1) is 5.41 Å². The van der Waals surface area contributed by atoms with Gasteiger partial charge < -0.3 is 10.4 Å². The number of para-hydroxylation sites is 1. The van der Waals surface area contributed by atoms with Gasteiger partial charge in [-0.2, -0.15) is 0 Å². The third-order valence-electron chi connectivity index (χ3n) is 3.87. The van der Waals surface area contributed by atoms with Gasteiger partial charge in [0.1, 0.15) is 5.75 Å². The first kappa shape index (κ1) is 12.9. The lowest BCUT2D eigenvalue weighted by Crippen LogP contribution is -2.34. The molecule has 0 unspecified atom stereocenters. The Bertz CT molecular complexity index is 422. The molecule has 3 nitrogen and oxygen atoms in total. The second kappa shape index (κ2) is 5.42. The maximum atomic E-state index is 11.8. The Morgan fingerprint density at radius 3 is 2.67 bits per heavy atom. The van der Waals surface area contributed by atoms with Crippen LogP contribution in [0.1, 0.15) is 38.2 Å². The predicted octanol–water partition coefficient (Wildman–Crippen LogP) is 2.63. The largest absolute Gasteiger partial charge is 0.508 e. The third-order valence-corrected chi connectivity index (χ3v) is 3.87.